The largest absolute Gasteiger partial charge is 0.496 e. The van der Waals surface area contributed by atoms with Crippen LogP contribution in [0.2, 0.25) is 0 Å². The van der Waals surface area contributed by atoms with Crippen LogP contribution in [-0.2, 0) is 11.4 Å². The summed E-state index contributed by atoms with van der Waals surface area (Å²) in [7, 11) is 1.57. The number of benzene rings is 2. The van der Waals surface area contributed by atoms with Crippen LogP contribution in [0.5, 0.6) is 11.5 Å². The van der Waals surface area contributed by atoms with Crippen LogP contribution in [0, 0.1) is 10.1 Å². The average molecular weight is 468 g/mol. The summed E-state index contributed by atoms with van der Waals surface area (Å²) in [5.74, 6) is 1.06. The Hall–Kier alpha value is -3.46. The number of ether oxygens (including phenoxy) is 2. The number of nitrogens with one attached hydrogen (secondary N) is 1. The van der Waals surface area contributed by atoms with Crippen LogP contribution >= 0.6 is 12.2 Å². The number of carbonyl (C=O) groups is 1. The number of nitrogens with zero attached hydrogens (tertiary/aromatic N) is 2. The van der Waals surface area contributed by atoms with Gasteiger partial charge in [0.25, 0.3) is 11.6 Å². The first-order valence-electron chi connectivity index (χ1n) is 10.9. The zero-order chi connectivity index (χ0) is 23.4. The van der Waals surface area contributed by atoms with Gasteiger partial charge in [0.05, 0.1) is 12.0 Å². The maximum absolute atomic E-state index is 13.0. The van der Waals surface area contributed by atoms with Crippen molar-refractivity contribution in [3.8, 4) is 11.5 Å². The highest BCUT2D eigenvalue weighted by Gasteiger charge is 2.36. The number of hydrogen-bond acceptors (Lipinski definition) is 6. The van der Waals surface area contributed by atoms with Crippen molar-refractivity contribution in [2.75, 3.05) is 7.11 Å². The number of amides is 1. The molecule has 33 heavy (non-hydrogen) atoms. The van der Waals surface area contributed by atoms with Crippen LogP contribution in [0.25, 0.3) is 6.08 Å². The molecule has 0 unspecified atom stereocenters. The highest BCUT2D eigenvalue weighted by atomic mass is 32.1. The summed E-state index contributed by atoms with van der Waals surface area (Å²) < 4.78 is 11.2. The zero-order valence-corrected chi connectivity index (χ0v) is 19.1. The molecule has 2 aromatic rings. The fraction of sp³-hybridized carbons (Fsp3) is 0.333. The molecule has 2 aromatic carbocycles. The maximum Gasteiger partial charge on any atom is 0.276 e. The van der Waals surface area contributed by atoms with Gasteiger partial charge in [0.1, 0.15) is 23.8 Å². The van der Waals surface area contributed by atoms with E-state index in [1.807, 2.05) is 18.2 Å². The van der Waals surface area contributed by atoms with E-state index in [-0.39, 0.29) is 24.2 Å². The number of non-ortho nitro benzene ring substituents is 1. The van der Waals surface area contributed by atoms with Gasteiger partial charge in [-0.1, -0.05) is 25.3 Å². The van der Waals surface area contributed by atoms with Crippen LogP contribution in [0.3, 0.4) is 0 Å². The van der Waals surface area contributed by atoms with Gasteiger partial charge in [-0.05, 0) is 61.0 Å². The Bertz CT molecular complexity index is 1090. The third-order valence-electron chi connectivity index (χ3n) is 5.91. The SMILES string of the molecule is COc1ccc(/C=C2/NC(=S)N(C3CCCCC3)C2=O)cc1COc1ccc([N+](=O)[O-])cc1. The minimum Gasteiger partial charge on any atom is -0.496 e. The minimum absolute atomic E-state index is 0.00229. The molecular weight excluding hydrogens is 442 g/mol. The average Bonchev–Trinajstić information content (AvgIpc) is 3.11. The molecule has 9 heteroatoms. The number of carbonyl (C=O) groups excluding carboxylic acids is 1. The lowest BCUT2D eigenvalue weighted by atomic mass is 9.94. The van der Waals surface area contributed by atoms with Crippen LogP contribution < -0.4 is 14.8 Å². The standard InChI is InChI=1S/C24H25N3O5S/c1-31-22-12-7-16(13-17(22)15-32-20-10-8-19(9-11-20)27(29)30)14-21-23(28)26(24(33)25-21)18-5-3-2-4-6-18/h7-14,18H,2-6,15H2,1H3,(H,25,33)/b21-14+. The molecular formula is C24H25N3O5S. The molecule has 1 saturated carbocycles. The summed E-state index contributed by atoms with van der Waals surface area (Å²) in [6.45, 7) is 0.200. The van der Waals surface area contributed by atoms with Gasteiger partial charge in [-0.25, -0.2) is 0 Å². The fourth-order valence-electron chi connectivity index (χ4n) is 4.21. The van der Waals surface area contributed by atoms with Crippen molar-refractivity contribution in [2.24, 2.45) is 0 Å². The summed E-state index contributed by atoms with van der Waals surface area (Å²) in [4.78, 5) is 25.1. The van der Waals surface area contributed by atoms with Gasteiger partial charge in [-0.3, -0.25) is 19.8 Å². The second-order valence-electron chi connectivity index (χ2n) is 8.07. The number of nitro benzene ring substituents is 1. The number of methoxy groups -OCH3 is 1. The van der Waals surface area contributed by atoms with E-state index >= 15 is 0 Å². The van der Waals surface area contributed by atoms with E-state index < -0.39 is 4.92 Å². The van der Waals surface area contributed by atoms with Crippen molar-refractivity contribution in [1.29, 1.82) is 0 Å². The Balaban J connectivity index is 1.50. The summed E-state index contributed by atoms with van der Waals surface area (Å²) in [6.07, 6.45) is 7.19. The summed E-state index contributed by atoms with van der Waals surface area (Å²) >= 11 is 5.45. The topological polar surface area (TPSA) is 93.9 Å². The predicted molar refractivity (Wildman–Crippen MR) is 128 cm³/mol. The summed E-state index contributed by atoms with van der Waals surface area (Å²) in [5, 5.41) is 14.3. The molecule has 0 aromatic heterocycles. The Morgan fingerprint density at radius 2 is 1.91 bits per heavy atom. The first kappa shape index (κ1) is 22.7. The van der Waals surface area contributed by atoms with Crippen molar-refractivity contribution >= 4 is 35.0 Å². The third kappa shape index (κ3) is 5.14. The molecule has 8 nitrogen and oxygen atoms in total. The lowest BCUT2D eigenvalue weighted by Gasteiger charge is -2.29. The Morgan fingerprint density at radius 1 is 1.18 bits per heavy atom. The third-order valence-corrected chi connectivity index (χ3v) is 6.21. The summed E-state index contributed by atoms with van der Waals surface area (Å²) in [5.41, 5.74) is 2.05. The number of rotatable bonds is 7. The smallest absolute Gasteiger partial charge is 0.276 e. The highest BCUT2D eigenvalue weighted by molar-refractivity contribution is 7.80. The molecule has 1 aliphatic heterocycles. The molecule has 0 bridgehead atoms. The fourth-order valence-corrected chi connectivity index (χ4v) is 4.55. The molecule has 0 spiro atoms. The Morgan fingerprint density at radius 3 is 2.58 bits per heavy atom. The molecule has 1 heterocycles. The first-order chi connectivity index (χ1) is 16.0. The second kappa shape index (κ2) is 9.99. The zero-order valence-electron chi connectivity index (χ0n) is 18.3. The normalized spacial score (nSPS) is 17.8. The molecule has 172 valence electrons. The van der Waals surface area contributed by atoms with E-state index in [0.29, 0.717) is 22.3 Å². The van der Waals surface area contributed by atoms with Crippen molar-refractivity contribution in [2.45, 2.75) is 44.8 Å². The quantitative estimate of drug-likeness (QED) is 0.276. The monoisotopic (exact) mass is 467 g/mol. The number of nitro groups is 1. The van der Waals surface area contributed by atoms with E-state index in [4.69, 9.17) is 21.7 Å². The van der Waals surface area contributed by atoms with Crippen LogP contribution in [0.1, 0.15) is 43.2 Å². The van der Waals surface area contributed by atoms with Crippen LogP contribution in [0.15, 0.2) is 48.2 Å². The lowest BCUT2D eigenvalue weighted by molar-refractivity contribution is -0.384. The van der Waals surface area contributed by atoms with Crippen LogP contribution in [0.4, 0.5) is 5.69 Å². The molecule has 0 atom stereocenters. The van der Waals surface area contributed by atoms with Gasteiger partial charge >= 0.3 is 0 Å². The molecule has 1 aliphatic carbocycles. The Labute approximate surface area is 197 Å². The molecule has 1 saturated heterocycles. The highest BCUT2D eigenvalue weighted by Crippen LogP contribution is 2.28. The van der Waals surface area contributed by atoms with E-state index in [1.54, 1.807) is 30.2 Å². The van der Waals surface area contributed by atoms with E-state index in [1.165, 1.54) is 18.6 Å². The van der Waals surface area contributed by atoms with Crippen molar-refractivity contribution < 1.29 is 19.2 Å². The van der Waals surface area contributed by atoms with Crippen LogP contribution in [-0.4, -0.2) is 34.0 Å². The van der Waals surface area contributed by atoms with Gasteiger partial charge in [0, 0.05) is 23.7 Å². The first-order valence-corrected chi connectivity index (χ1v) is 11.3. The maximum atomic E-state index is 13.0. The molecule has 1 N–H and O–H groups in total. The van der Waals surface area contributed by atoms with Crippen molar-refractivity contribution in [1.82, 2.24) is 10.2 Å². The van der Waals surface area contributed by atoms with E-state index in [2.05, 4.69) is 5.32 Å². The summed E-state index contributed by atoms with van der Waals surface area (Å²) in [6, 6.07) is 11.6. The molecule has 0 radical (unpaired) electrons. The van der Waals surface area contributed by atoms with E-state index in [0.717, 1.165) is 36.8 Å². The van der Waals surface area contributed by atoms with Gasteiger partial charge in [0.15, 0.2) is 5.11 Å². The van der Waals surface area contributed by atoms with Gasteiger partial charge in [-0.2, -0.15) is 0 Å². The van der Waals surface area contributed by atoms with E-state index in [9.17, 15) is 14.9 Å². The minimum atomic E-state index is -0.455. The second-order valence-corrected chi connectivity index (χ2v) is 8.45. The molecule has 1 amide bonds. The number of thiocarbonyl (C=S) groups is 1. The predicted octanol–water partition coefficient (Wildman–Crippen LogP) is 4.57. The van der Waals surface area contributed by atoms with Gasteiger partial charge in [0.2, 0.25) is 0 Å². The molecule has 4 rings (SSSR count). The van der Waals surface area contributed by atoms with Crippen molar-refractivity contribution in [3.05, 3.63) is 69.4 Å². The van der Waals surface area contributed by atoms with Gasteiger partial charge in [-0.15, -0.1) is 0 Å². The molecule has 2 aliphatic rings. The van der Waals surface area contributed by atoms with Crippen molar-refractivity contribution in [3.63, 3.8) is 0 Å². The Kier molecular flexibility index (Phi) is 6.88. The lowest BCUT2D eigenvalue weighted by Crippen LogP contribution is -2.41. The molecule has 2 fully saturated rings. The number of hydrogen-bond donors (Lipinski definition) is 1. The van der Waals surface area contributed by atoms with Gasteiger partial charge < -0.3 is 14.8 Å².